The first-order chi connectivity index (χ1) is 11.6. The molecule has 0 radical (unpaired) electrons. The van der Waals surface area contributed by atoms with E-state index in [0.717, 1.165) is 27.6 Å². The fourth-order valence-corrected chi connectivity index (χ4v) is 2.41. The first-order valence-electron chi connectivity index (χ1n) is 7.71. The standard InChI is InChI=1S/C19H19N3O2/c1-13-7-8-14(2)18(9-13)24-12-19(23)22-21-11-15-10-20-17-6-4-3-5-16(15)17/h3-11,20H,12H2,1-2H3,(H,22,23)/b21-11+. The molecule has 1 aromatic heterocycles. The molecule has 0 bridgehead atoms. The van der Waals surface area contributed by atoms with Crippen molar-refractivity contribution in [3.8, 4) is 5.75 Å². The number of nitrogens with one attached hydrogen (secondary N) is 2. The minimum atomic E-state index is -0.299. The molecule has 0 saturated carbocycles. The minimum Gasteiger partial charge on any atom is -0.483 e. The Morgan fingerprint density at radius 1 is 1.25 bits per heavy atom. The lowest BCUT2D eigenvalue weighted by Crippen LogP contribution is -2.24. The molecule has 1 heterocycles. The summed E-state index contributed by atoms with van der Waals surface area (Å²) in [6.45, 7) is 3.86. The molecule has 0 aliphatic rings. The van der Waals surface area contributed by atoms with E-state index in [0.29, 0.717) is 5.75 Å². The van der Waals surface area contributed by atoms with E-state index in [2.05, 4.69) is 15.5 Å². The second kappa shape index (κ2) is 7.00. The molecule has 0 saturated heterocycles. The number of fused-ring (bicyclic) bond motifs is 1. The topological polar surface area (TPSA) is 66.5 Å². The molecule has 2 N–H and O–H groups in total. The van der Waals surface area contributed by atoms with Crippen LogP contribution in [-0.2, 0) is 4.79 Å². The number of nitrogens with zero attached hydrogens (tertiary/aromatic N) is 1. The summed E-state index contributed by atoms with van der Waals surface area (Å²) in [6, 6.07) is 13.8. The number of aromatic nitrogens is 1. The Balaban J connectivity index is 1.56. The van der Waals surface area contributed by atoms with Crippen LogP contribution in [0.3, 0.4) is 0 Å². The molecule has 0 spiro atoms. The van der Waals surface area contributed by atoms with Crippen molar-refractivity contribution >= 4 is 23.0 Å². The van der Waals surface area contributed by atoms with E-state index in [1.807, 2.05) is 62.5 Å². The number of benzene rings is 2. The summed E-state index contributed by atoms with van der Waals surface area (Å²) in [5.74, 6) is 0.415. The van der Waals surface area contributed by atoms with Gasteiger partial charge in [-0.05, 0) is 37.1 Å². The zero-order valence-electron chi connectivity index (χ0n) is 13.7. The smallest absolute Gasteiger partial charge is 0.277 e. The second-order valence-corrected chi connectivity index (χ2v) is 5.64. The van der Waals surface area contributed by atoms with E-state index >= 15 is 0 Å². The molecule has 5 nitrogen and oxygen atoms in total. The van der Waals surface area contributed by atoms with Crippen LogP contribution >= 0.6 is 0 Å². The van der Waals surface area contributed by atoms with Gasteiger partial charge in [-0.25, -0.2) is 5.43 Å². The molecule has 5 heteroatoms. The highest BCUT2D eigenvalue weighted by Crippen LogP contribution is 2.19. The first kappa shape index (κ1) is 15.8. The molecule has 1 amide bonds. The van der Waals surface area contributed by atoms with Gasteiger partial charge in [-0.1, -0.05) is 30.3 Å². The molecule has 0 aliphatic carbocycles. The normalized spacial score (nSPS) is 11.1. The lowest BCUT2D eigenvalue weighted by Gasteiger charge is -2.08. The van der Waals surface area contributed by atoms with Gasteiger partial charge in [-0.15, -0.1) is 0 Å². The molecule has 122 valence electrons. The van der Waals surface area contributed by atoms with Gasteiger partial charge in [0, 0.05) is 22.7 Å². The quantitative estimate of drug-likeness (QED) is 0.559. The van der Waals surface area contributed by atoms with Crippen molar-refractivity contribution in [3.05, 3.63) is 65.4 Å². The zero-order chi connectivity index (χ0) is 16.9. The Labute approximate surface area is 140 Å². The van der Waals surface area contributed by atoms with Crippen LogP contribution in [0, 0.1) is 13.8 Å². The first-order valence-corrected chi connectivity index (χ1v) is 7.71. The van der Waals surface area contributed by atoms with Crippen LogP contribution in [0.25, 0.3) is 10.9 Å². The highest BCUT2D eigenvalue weighted by atomic mass is 16.5. The van der Waals surface area contributed by atoms with Crippen molar-refractivity contribution in [2.75, 3.05) is 6.61 Å². The van der Waals surface area contributed by atoms with Gasteiger partial charge in [0.15, 0.2) is 6.61 Å². The van der Waals surface area contributed by atoms with Crippen LogP contribution in [0.4, 0.5) is 0 Å². The fraction of sp³-hybridized carbons (Fsp3) is 0.158. The van der Waals surface area contributed by atoms with Crippen molar-refractivity contribution in [1.82, 2.24) is 10.4 Å². The number of aryl methyl sites for hydroxylation is 2. The van der Waals surface area contributed by atoms with Gasteiger partial charge in [0.25, 0.3) is 5.91 Å². The van der Waals surface area contributed by atoms with Crippen LogP contribution in [0.1, 0.15) is 16.7 Å². The molecule has 3 rings (SSSR count). The van der Waals surface area contributed by atoms with Gasteiger partial charge in [-0.3, -0.25) is 4.79 Å². The Hall–Kier alpha value is -3.08. The van der Waals surface area contributed by atoms with Gasteiger partial charge in [0.1, 0.15) is 5.75 Å². The SMILES string of the molecule is Cc1ccc(C)c(OCC(=O)N/N=C/c2c[nH]c3ccccc23)c1. The highest BCUT2D eigenvalue weighted by Gasteiger charge is 2.05. The summed E-state index contributed by atoms with van der Waals surface area (Å²) >= 11 is 0. The van der Waals surface area contributed by atoms with Gasteiger partial charge in [0.2, 0.25) is 0 Å². The van der Waals surface area contributed by atoms with Crippen LogP contribution < -0.4 is 10.2 Å². The largest absolute Gasteiger partial charge is 0.483 e. The maximum Gasteiger partial charge on any atom is 0.277 e. The number of H-pyrrole nitrogens is 1. The van der Waals surface area contributed by atoms with Crippen LogP contribution in [0.15, 0.2) is 53.8 Å². The van der Waals surface area contributed by atoms with Crippen molar-refractivity contribution in [2.45, 2.75) is 13.8 Å². The van der Waals surface area contributed by atoms with E-state index in [1.165, 1.54) is 0 Å². The summed E-state index contributed by atoms with van der Waals surface area (Å²) in [5, 5.41) is 5.05. The average molecular weight is 321 g/mol. The summed E-state index contributed by atoms with van der Waals surface area (Å²) in [4.78, 5) is 15.0. The summed E-state index contributed by atoms with van der Waals surface area (Å²) in [5.41, 5.74) is 6.52. The third kappa shape index (κ3) is 3.63. The third-order valence-corrected chi connectivity index (χ3v) is 3.72. The number of hydrogen-bond acceptors (Lipinski definition) is 3. The molecule has 24 heavy (non-hydrogen) atoms. The van der Waals surface area contributed by atoms with Gasteiger partial charge in [-0.2, -0.15) is 5.10 Å². The van der Waals surface area contributed by atoms with Crippen LogP contribution in [0.5, 0.6) is 5.75 Å². The number of aromatic amines is 1. The molecular weight excluding hydrogens is 302 g/mol. The summed E-state index contributed by atoms with van der Waals surface area (Å²) in [6.07, 6.45) is 3.47. The Bertz CT molecular complexity index is 897. The summed E-state index contributed by atoms with van der Waals surface area (Å²) in [7, 11) is 0. The van der Waals surface area contributed by atoms with Gasteiger partial charge >= 0.3 is 0 Å². The molecule has 3 aromatic rings. The van der Waals surface area contributed by atoms with Crippen LogP contribution in [-0.4, -0.2) is 23.7 Å². The van der Waals surface area contributed by atoms with Crippen molar-refractivity contribution in [3.63, 3.8) is 0 Å². The number of amides is 1. The van der Waals surface area contributed by atoms with Crippen molar-refractivity contribution in [1.29, 1.82) is 0 Å². The Kier molecular flexibility index (Phi) is 4.61. The minimum absolute atomic E-state index is 0.0739. The molecular formula is C19H19N3O2. The number of rotatable bonds is 5. The van der Waals surface area contributed by atoms with Gasteiger partial charge in [0.05, 0.1) is 6.21 Å². The maximum absolute atomic E-state index is 11.8. The van der Waals surface area contributed by atoms with Crippen molar-refractivity contribution in [2.24, 2.45) is 5.10 Å². The van der Waals surface area contributed by atoms with Crippen molar-refractivity contribution < 1.29 is 9.53 Å². The van der Waals surface area contributed by atoms with Crippen LogP contribution in [0.2, 0.25) is 0 Å². The molecule has 2 aromatic carbocycles. The number of para-hydroxylation sites is 1. The number of carbonyl (C=O) groups is 1. The Morgan fingerprint density at radius 2 is 2.08 bits per heavy atom. The van der Waals surface area contributed by atoms with E-state index in [-0.39, 0.29) is 12.5 Å². The second-order valence-electron chi connectivity index (χ2n) is 5.64. The number of hydrazone groups is 1. The molecule has 0 unspecified atom stereocenters. The Morgan fingerprint density at radius 3 is 2.96 bits per heavy atom. The zero-order valence-corrected chi connectivity index (χ0v) is 13.7. The van der Waals surface area contributed by atoms with Gasteiger partial charge < -0.3 is 9.72 Å². The predicted molar refractivity (Wildman–Crippen MR) is 95.4 cm³/mol. The highest BCUT2D eigenvalue weighted by molar-refractivity contribution is 5.99. The third-order valence-electron chi connectivity index (χ3n) is 3.72. The predicted octanol–water partition coefficient (Wildman–Crippen LogP) is 3.31. The maximum atomic E-state index is 11.8. The number of ether oxygens (including phenoxy) is 1. The fourth-order valence-electron chi connectivity index (χ4n) is 2.41. The number of carbonyl (C=O) groups excluding carboxylic acids is 1. The van der Waals surface area contributed by atoms with E-state index in [1.54, 1.807) is 6.21 Å². The molecule has 0 fully saturated rings. The summed E-state index contributed by atoms with van der Waals surface area (Å²) < 4.78 is 5.55. The monoisotopic (exact) mass is 321 g/mol. The van der Waals surface area contributed by atoms with E-state index < -0.39 is 0 Å². The molecule has 0 atom stereocenters. The lowest BCUT2D eigenvalue weighted by atomic mass is 10.1. The lowest BCUT2D eigenvalue weighted by molar-refractivity contribution is -0.123. The van der Waals surface area contributed by atoms with E-state index in [4.69, 9.17) is 4.74 Å². The number of hydrogen-bond donors (Lipinski definition) is 2. The van der Waals surface area contributed by atoms with E-state index in [9.17, 15) is 4.79 Å². The average Bonchev–Trinajstić information content (AvgIpc) is 2.99. The molecule has 0 aliphatic heterocycles.